The third-order valence-corrected chi connectivity index (χ3v) is 5.12. The van der Waals surface area contributed by atoms with Gasteiger partial charge in [0.1, 0.15) is 0 Å². The molecule has 0 spiro atoms. The Bertz CT molecular complexity index is 556. The third kappa shape index (κ3) is 4.41. The number of nitrogens with one attached hydrogen (secondary N) is 1. The van der Waals surface area contributed by atoms with E-state index >= 15 is 0 Å². The lowest BCUT2D eigenvalue weighted by Crippen LogP contribution is -2.52. The molecule has 5 nitrogen and oxygen atoms in total. The summed E-state index contributed by atoms with van der Waals surface area (Å²) in [7, 11) is 1.77. The van der Waals surface area contributed by atoms with Crippen LogP contribution < -0.4 is 10.2 Å². The number of aliphatic hydroxyl groups excluding tert-OH is 1. The number of likely N-dealkylation sites (N-methyl/N-ethyl adjacent to an activating group) is 1. The van der Waals surface area contributed by atoms with Crippen molar-refractivity contribution in [2.45, 2.75) is 44.8 Å². The zero-order valence-electron chi connectivity index (χ0n) is 14.7. The fourth-order valence-corrected chi connectivity index (χ4v) is 3.36. The Labute approximate surface area is 144 Å². The van der Waals surface area contributed by atoms with E-state index in [4.69, 9.17) is 0 Å². The number of nitrogens with zero attached hydrogens (tertiary/aromatic N) is 2. The number of aryl methyl sites for hydroxylation is 1. The first kappa shape index (κ1) is 17.1. The number of carbonyl (C=O) groups is 1. The summed E-state index contributed by atoms with van der Waals surface area (Å²) >= 11 is 0. The molecule has 0 aromatic heterocycles. The smallest absolute Gasteiger partial charge is 0.317 e. The molecule has 2 aliphatic rings. The number of hydrogen-bond donors (Lipinski definition) is 2. The second-order valence-corrected chi connectivity index (χ2v) is 7.36. The molecule has 2 unspecified atom stereocenters. The summed E-state index contributed by atoms with van der Waals surface area (Å²) in [6, 6.07) is 8.64. The first-order valence-electron chi connectivity index (χ1n) is 9.04. The molecular weight excluding hydrogens is 302 g/mol. The van der Waals surface area contributed by atoms with Crippen LogP contribution in [0, 0.1) is 12.8 Å². The molecule has 24 heavy (non-hydrogen) atoms. The molecule has 1 aliphatic heterocycles. The van der Waals surface area contributed by atoms with Crippen LogP contribution in [0.1, 0.15) is 31.2 Å². The highest BCUT2D eigenvalue weighted by atomic mass is 16.3. The monoisotopic (exact) mass is 331 g/mol. The van der Waals surface area contributed by atoms with Crippen LogP contribution in [-0.4, -0.2) is 54.9 Å². The molecule has 1 heterocycles. The van der Waals surface area contributed by atoms with Gasteiger partial charge in [0.25, 0.3) is 0 Å². The molecule has 1 saturated heterocycles. The Morgan fingerprint density at radius 2 is 2.04 bits per heavy atom. The van der Waals surface area contributed by atoms with Crippen molar-refractivity contribution in [2.24, 2.45) is 5.92 Å². The maximum Gasteiger partial charge on any atom is 0.317 e. The van der Waals surface area contributed by atoms with Gasteiger partial charge in [-0.2, -0.15) is 0 Å². The molecule has 1 aromatic carbocycles. The van der Waals surface area contributed by atoms with Crippen molar-refractivity contribution in [3.05, 3.63) is 29.8 Å². The Balaban J connectivity index is 1.50. The molecule has 2 N–H and O–H groups in total. The van der Waals surface area contributed by atoms with Crippen LogP contribution in [-0.2, 0) is 0 Å². The number of benzene rings is 1. The summed E-state index contributed by atoms with van der Waals surface area (Å²) in [5.41, 5.74) is 2.48. The summed E-state index contributed by atoms with van der Waals surface area (Å²) in [5.74, 6) is 0.395. The van der Waals surface area contributed by atoms with Gasteiger partial charge >= 0.3 is 6.03 Å². The van der Waals surface area contributed by atoms with Crippen LogP contribution in [0.3, 0.4) is 0 Å². The van der Waals surface area contributed by atoms with Crippen molar-refractivity contribution in [3.63, 3.8) is 0 Å². The number of urea groups is 1. The molecule has 1 aliphatic carbocycles. The van der Waals surface area contributed by atoms with Gasteiger partial charge in [0.2, 0.25) is 0 Å². The van der Waals surface area contributed by atoms with E-state index in [9.17, 15) is 9.90 Å². The highest BCUT2D eigenvalue weighted by molar-refractivity contribution is 5.74. The maximum atomic E-state index is 12.4. The Morgan fingerprint density at radius 3 is 2.71 bits per heavy atom. The lowest BCUT2D eigenvalue weighted by Gasteiger charge is -2.35. The largest absolute Gasteiger partial charge is 0.391 e. The van der Waals surface area contributed by atoms with E-state index in [-0.39, 0.29) is 18.2 Å². The second kappa shape index (κ2) is 7.43. The number of amides is 2. The Hall–Kier alpha value is -1.75. The molecular formula is C19H29N3O2. The highest BCUT2D eigenvalue weighted by Crippen LogP contribution is 2.32. The van der Waals surface area contributed by atoms with Gasteiger partial charge in [-0.3, -0.25) is 0 Å². The lowest BCUT2D eigenvalue weighted by atomic mass is 10.0. The predicted molar refractivity (Wildman–Crippen MR) is 96.3 cm³/mol. The Morgan fingerprint density at radius 1 is 1.33 bits per heavy atom. The minimum absolute atomic E-state index is 0.0783. The molecule has 3 rings (SSSR count). The number of piperidine rings is 1. The minimum atomic E-state index is -0.379. The lowest BCUT2D eigenvalue weighted by molar-refractivity contribution is 0.112. The van der Waals surface area contributed by atoms with Crippen molar-refractivity contribution in [3.8, 4) is 0 Å². The van der Waals surface area contributed by atoms with Crippen LogP contribution in [0.25, 0.3) is 0 Å². The topological polar surface area (TPSA) is 55.8 Å². The number of hydrogen-bond acceptors (Lipinski definition) is 3. The van der Waals surface area contributed by atoms with Crippen LogP contribution in [0.5, 0.6) is 0 Å². The summed E-state index contributed by atoms with van der Waals surface area (Å²) in [6.07, 6.45) is 3.88. The molecule has 2 amide bonds. The van der Waals surface area contributed by atoms with E-state index in [0.29, 0.717) is 12.5 Å². The molecule has 5 heteroatoms. The van der Waals surface area contributed by atoms with Crippen LogP contribution >= 0.6 is 0 Å². The van der Waals surface area contributed by atoms with Crippen LogP contribution in [0.4, 0.5) is 10.5 Å². The number of anilines is 1. The van der Waals surface area contributed by atoms with E-state index in [1.807, 2.05) is 0 Å². The second-order valence-electron chi connectivity index (χ2n) is 7.36. The number of rotatable bonds is 5. The quantitative estimate of drug-likeness (QED) is 0.871. The van der Waals surface area contributed by atoms with Crippen molar-refractivity contribution < 1.29 is 9.90 Å². The SMILES string of the molecule is Cc1ccc(N2CCCC(NC(=O)N(C)CC(O)C3CC3)C2)cc1. The fraction of sp³-hybridized carbons (Fsp3) is 0.632. The van der Waals surface area contributed by atoms with Crippen molar-refractivity contribution in [1.29, 1.82) is 0 Å². The maximum absolute atomic E-state index is 12.4. The molecule has 0 radical (unpaired) electrons. The number of aliphatic hydroxyl groups is 1. The van der Waals surface area contributed by atoms with E-state index < -0.39 is 0 Å². The van der Waals surface area contributed by atoms with Gasteiger partial charge in [0.15, 0.2) is 0 Å². The van der Waals surface area contributed by atoms with Gasteiger partial charge in [-0.05, 0) is 50.7 Å². The van der Waals surface area contributed by atoms with Gasteiger partial charge in [-0.15, -0.1) is 0 Å². The van der Waals surface area contributed by atoms with Crippen LogP contribution in [0.15, 0.2) is 24.3 Å². The van der Waals surface area contributed by atoms with Gasteiger partial charge in [-0.1, -0.05) is 17.7 Å². The normalized spacial score (nSPS) is 22.1. The first-order valence-corrected chi connectivity index (χ1v) is 9.04. The molecule has 0 bridgehead atoms. The van der Waals surface area contributed by atoms with Crippen molar-refractivity contribution in [1.82, 2.24) is 10.2 Å². The third-order valence-electron chi connectivity index (χ3n) is 5.12. The van der Waals surface area contributed by atoms with Gasteiger partial charge in [-0.25, -0.2) is 4.79 Å². The average Bonchev–Trinajstić information content (AvgIpc) is 3.40. The predicted octanol–water partition coefficient (Wildman–Crippen LogP) is 2.38. The molecule has 2 fully saturated rings. The average molecular weight is 331 g/mol. The molecule has 1 aromatic rings. The standard InChI is InChI=1S/C19H29N3O2/c1-14-5-9-17(10-6-14)22-11-3-4-16(12-22)20-19(24)21(2)13-18(23)15-7-8-15/h5-6,9-10,15-16,18,23H,3-4,7-8,11-13H2,1-2H3,(H,20,24). The van der Waals surface area contributed by atoms with E-state index in [0.717, 1.165) is 38.8 Å². The summed E-state index contributed by atoms with van der Waals surface area (Å²) in [5, 5.41) is 13.1. The Kier molecular flexibility index (Phi) is 5.29. The summed E-state index contributed by atoms with van der Waals surface area (Å²) in [4.78, 5) is 16.3. The zero-order valence-corrected chi connectivity index (χ0v) is 14.7. The summed E-state index contributed by atoms with van der Waals surface area (Å²) < 4.78 is 0. The molecule has 1 saturated carbocycles. The van der Waals surface area contributed by atoms with Gasteiger partial charge < -0.3 is 20.2 Å². The number of carbonyl (C=O) groups excluding carboxylic acids is 1. The van der Waals surface area contributed by atoms with E-state index in [1.54, 1.807) is 11.9 Å². The summed E-state index contributed by atoms with van der Waals surface area (Å²) in [6.45, 7) is 4.39. The molecule has 2 atom stereocenters. The molecule has 132 valence electrons. The van der Waals surface area contributed by atoms with Gasteiger partial charge in [0, 0.05) is 38.4 Å². The first-order chi connectivity index (χ1) is 11.5. The fourth-order valence-electron chi connectivity index (χ4n) is 3.36. The van der Waals surface area contributed by atoms with Crippen molar-refractivity contribution in [2.75, 3.05) is 31.6 Å². The minimum Gasteiger partial charge on any atom is -0.391 e. The zero-order chi connectivity index (χ0) is 17.1. The van der Waals surface area contributed by atoms with E-state index in [2.05, 4.69) is 41.4 Å². The van der Waals surface area contributed by atoms with E-state index in [1.165, 1.54) is 11.3 Å². The highest BCUT2D eigenvalue weighted by Gasteiger charge is 2.31. The van der Waals surface area contributed by atoms with Gasteiger partial charge in [0.05, 0.1) is 6.10 Å². The van der Waals surface area contributed by atoms with Crippen molar-refractivity contribution >= 4 is 11.7 Å². The van der Waals surface area contributed by atoms with Crippen LogP contribution in [0.2, 0.25) is 0 Å².